The largest absolute Gasteiger partial charge is 0.462 e. The van der Waals surface area contributed by atoms with Gasteiger partial charge in [0.15, 0.2) is 0 Å². The van der Waals surface area contributed by atoms with Crippen molar-refractivity contribution in [2.75, 3.05) is 31.3 Å². The number of nitrogens with zero attached hydrogens (tertiary/aromatic N) is 1. The molecular formula is C14H20N2O2. The zero-order valence-corrected chi connectivity index (χ0v) is 11.0. The number of nitrogens with two attached hydrogens (primary N) is 1. The van der Waals surface area contributed by atoms with Gasteiger partial charge in [0.25, 0.3) is 0 Å². The molecule has 1 aliphatic rings. The summed E-state index contributed by atoms with van der Waals surface area (Å²) in [5.74, 6) is 0.274. The van der Waals surface area contributed by atoms with Crippen LogP contribution in [-0.4, -0.2) is 26.7 Å². The molecule has 1 saturated carbocycles. The number of anilines is 2. The van der Waals surface area contributed by atoms with Crippen LogP contribution in [0.15, 0.2) is 18.2 Å². The Morgan fingerprint density at radius 2 is 2.17 bits per heavy atom. The number of hydrogen-bond acceptors (Lipinski definition) is 4. The molecule has 0 spiro atoms. The van der Waals surface area contributed by atoms with Gasteiger partial charge in [-0.15, -0.1) is 0 Å². The van der Waals surface area contributed by atoms with Gasteiger partial charge in [-0.3, -0.25) is 0 Å². The van der Waals surface area contributed by atoms with Crippen LogP contribution in [0.5, 0.6) is 0 Å². The zero-order valence-electron chi connectivity index (χ0n) is 11.0. The molecule has 2 rings (SSSR count). The van der Waals surface area contributed by atoms with Gasteiger partial charge in [-0.2, -0.15) is 0 Å². The fourth-order valence-corrected chi connectivity index (χ4v) is 2.04. The molecule has 1 aromatic rings. The van der Waals surface area contributed by atoms with Gasteiger partial charge in [-0.05, 0) is 37.0 Å². The average molecular weight is 248 g/mol. The molecule has 2 N–H and O–H groups in total. The Hall–Kier alpha value is -1.71. The molecule has 0 aromatic heterocycles. The maximum absolute atomic E-state index is 12.1. The molecule has 0 heterocycles. The maximum atomic E-state index is 12.1. The zero-order chi connectivity index (χ0) is 13.1. The number of nitrogen functional groups attached to an aromatic ring is 1. The second kappa shape index (κ2) is 5.29. The van der Waals surface area contributed by atoms with Gasteiger partial charge in [0.1, 0.15) is 0 Å². The van der Waals surface area contributed by atoms with Crippen LogP contribution in [0, 0.1) is 5.92 Å². The molecule has 4 heteroatoms. The molecule has 4 nitrogen and oxygen atoms in total. The van der Waals surface area contributed by atoms with E-state index in [-0.39, 0.29) is 5.97 Å². The van der Waals surface area contributed by atoms with Crippen molar-refractivity contribution in [3.8, 4) is 0 Å². The van der Waals surface area contributed by atoms with Gasteiger partial charge in [0.2, 0.25) is 0 Å². The second-order valence-corrected chi connectivity index (χ2v) is 5.07. The minimum atomic E-state index is -0.280. The van der Waals surface area contributed by atoms with E-state index in [0.29, 0.717) is 23.8 Å². The van der Waals surface area contributed by atoms with E-state index in [1.165, 1.54) is 19.3 Å². The van der Waals surface area contributed by atoms with Gasteiger partial charge in [0, 0.05) is 19.8 Å². The van der Waals surface area contributed by atoms with E-state index in [1.807, 2.05) is 25.1 Å². The van der Waals surface area contributed by atoms with E-state index >= 15 is 0 Å². The molecule has 0 atom stereocenters. The van der Waals surface area contributed by atoms with Crippen LogP contribution in [0.2, 0.25) is 0 Å². The lowest BCUT2D eigenvalue weighted by molar-refractivity contribution is 0.0372. The summed E-state index contributed by atoms with van der Waals surface area (Å²) in [6.45, 7) is 0.528. The summed E-state index contributed by atoms with van der Waals surface area (Å²) < 4.78 is 5.36. The first kappa shape index (κ1) is 12.7. The van der Waals surface area contributed by atoms with Crippen molar-refractivity contribution < 1.29 is 9.53 Å². The topological polar surface area (TPSA) is 55.6 Å². The molecule has 1 fully saturated rings. The summed E-state index contributed by atoms with van der Waals surface area (Å²) in [7, 11) is 3.79. The van der Waals surface area contributed by atoms with Crippen LogP contribution < -0.4 is 10.6 Å². The third-order valence-electron chi connectivity index (χ3n) is 3.40. The molecule has 0 amide bonds. The first-order valence-electron chi connectivity index (χ1n) is 6.32. The maximum Gasteiger partial charge on any atom is 0.340 e. The number of hydrogen-bond donors (Lipinski definition) is 1. The number of ether oxygens (including phenoxy) is 1. The van der Waals surface area contributed by atoms with Gasteiger partial charge < -0.3 is 15.4 Å². The van der Waals surface area contributed by atoms with E-state index < -0.39 is 0 Å². The van der Waals surface area contributed by atoms with Gasteiger partial charge in [-0.25, -0.2) is 4.79 Å². The molecule has 0 bridgehead atoms. The molecule has 0 aliphatic heterocycles. The Kier molecular flexibility index (Phi) is 3.75. The molecule has 1 aliphatic carbocycles. The molecular weight excluding hydrogens is 228 g/mol. The first-order valence-corrected chi connectivity index (χ1v) is 6.32. The van der Waals surface area contributed by atoms with Crippen LogP contribution >= 0.6 is 0 Å². The summed E-state index contributed by atoms with van der Waals surface area (Å²) in [5.41, 5.74) is 7.69. The Balaban J connectivity index is 2.09. The molecule has 0 radical (unpaired) electrons. The monoisotopic (exact) mass is 248 g/mol. The number of benzene rings is 1. The third-order valence-corrected chi connectivity index (χ3v) is 3.40. The summed E-state index contributed by atoms with van der Waals surface area (Å²) >= 11 is 0. The fraction of sp³-hybridized carbons (Fsp3) is 0.500. The van der Waals surface area contributed by atoms with Crippen molar-refractivity contribution in [2.24, 2.45) is 5.92 Å². The van der Waals surface area contributed by atoms with Gasteiger partial charge in [-0.1, -0.05) is 6.42 Å². The first-order chi connectivity index (χ1) is 8.58. The highest BCUT2D eigenvalue weighted by atomic mass is 16.5. The SMILES string of the molecule is CN(C)c1ccc(N)cc1C(=O)OCC1CCC1. The number of carbonyl (C=O) groups excluding carboxylic acids is 1. The van der Waals surface area contributed by atoms with Crippen LogP contribution in [0.3, 0.4) is 0 Å². The smallest absolute Gasteiger partial charge is 0.340 e. The molecule has 0 saturated heterocycles. The van der Waals surface area contributed by atoms with Crippen LogP contribution in [0.4, 0.5) is 11.4 Å². The lowest BCUT2D eigenvalue weighted by Crippen LogP contribution is -2.21. The Morgan fingerprint density at radius 3 is 2.72 bits per heavy atom. The van der Waals surface area contributed by atoms with Crippen molar-refractivity contribution in [1.29, 1.82) is 0 Å². The van der Waals surface area contributed by atoms with E-state index in [9.17, 15) is 4.79 Å². The normalized spacial score (nSPS) is 15.0. The minimum absolute atomic E-state index is 0.280. The lowest BCUT2D eigenvalue weighted by atomic mass is 9.86. The predicted octanol–water partition coefficient (Wildman–Crippen LogP) is 2.29. The average Bonchev–Trinajstić information content (AvgIpc) is 2.26. The highest BCUT2D eigenvalue weighted by Crippen LogP contribution is 2.27. The van der Waals surface area contributed by atoms with Crippen molar-refractivity contribution in [3.63, 3.8) is 0 Å². The Morgan fingerprint density at radius 1 is 1.44 bits per heavy atom. The Labute approximate surface area is 108 Å². The van der Waals surface area contributed by atoms with Crippen LogP contribution in [0.1, 0.15) is 29.6 Å². The molecule has 18 heavy (non-hydrogen) atoms. The van der Waals surface area contributed by atoms with E-state index in [1.54, 1.807) is 12.1 Å². The third kappa shape index (κ3) is 2.75. The second-order valence-electron chi connectivity index (χ2n) is 5.07. The van der Waals surface area contributed by atoms with Gasteiger partial charge >= 0.3 is 5.97 Å². The summed E-state index contributed by atoms with van der Waals surface area (Å²) in [4.78, 5) is 14.0. The highest BCUT2D eigenvalue weighted by molar-refractivity contribution is 5.96. The summed E-state index contributed by atoms with van der Waals surface area (Å²) in [6.07, 6.45) is 3.60. The van der Waals surface area contributed by atoms with E-state index in [4.69, 9.17) is 10.5 Å². The molecule has 0 unspecified atom stereocenters. The lowest BCUT2D eigenvalue weighted by Gasteiger charge is -2.25. The Bertz CT molecular complexity index is 439. The van der Waals surface area contributed by atoms with Crippen molar-refractivity contribution in [1.82, 2.24) is 0 Å². The summed E-state index contributed by atoms with van der Waals surface area (Å²) in [5, 5.41) is 0. The highest BCUT2D eigenvalue weighted by Gasteiger charge is 2.21. The van der Waals surface area contributed by atoms with Gasteiger partial charge in [0.05, 0.1) is 17.9 Å². The predicted molar refractivity (Wildman–Crippen MR) is 72.8 cm³/mol. The van der Waals surface area contributed by atoms with Crippen molar-refractivity contribution in [2.45, 2.75) is 19.3 Å². The van der Waals surface area contributed by atoms with E-state index in [2.05, 4.69) is 0 Å². The number of esters is 1. The minimum Gasteiger partial charge on any atom is -0.462 e. The summed E-state index contributed by atoms with van der Waals surface area (Å²) in [6, 6.07) is 5.31. The van der Waals surface area contributed by atoms with Crippen molar-refractivity contribution >= 4 is 17.3 Å². The quantitative estimate of drug-likeness (QED) is 0.656. The number of rotatable bonds is 4. The molecule has 98 valence electrons. The number of carbonyl (C=O) groups is 1. The van der Waals surface area contributed by atoms with Crippen LogP contribution in [0.25, 0.3) is 0 Å². The van der Waals surface area contributed by atoms with Crippen LogP contribution in [-0.2, 0) is 4.74 Å². The van der Waals surface area contributed by atoms with E-state index in [0.717, 1.165) is 5.69 Å². The fourth-order valence-electron chi connectivity index (χ4n) is 2.04. The standard InChI is InChI=1S/C14H20N2O2/c1-16(2)13-7-6-11(15)8-12(13)14(17)18-9-10-4-3-5-10/h6-8,10H,3-5,9,15H2,1-2H3. The molecule has 1 aromatic carbocycles. The van der Waals surface area contributed by atoms with Crippen molar-refractivity contribution in [3.05, 3.63) is 23.8 Å².